The van der Waals surface area contributed by atoms with Crippen LogP contribution in [0.3, 0.4) is 0 Å². The molecule has 0 aliphatic rings. The van der Waals surface area contributed by atoms with E-state index in [2.05, 4.69) is 31.8 Å². The molecule has 2 rings (SSSR count). The van der Waals surface area contributed by atoms with Gasteiger partial charge in [0.15, 0.2) is 0 Å². The van der Waals surface area contributed by atoms with E-state index in [-0.39, 0.29) is 24.7 Å². The minimum Gasteiger partial charge on any atom is -0.326 e. The normalized spacial score (nSPS) is 10.7. The molecule has 8 heteroatoms. The molecule has 0 aliphatic heterocycles. The minimum atomic E-state index is -0.292. The number of hydrazone groups is 1. The molecule has 5 nitrogen and oxygen atoms in total. The van der Waals surface area contributed by atoms with Crippen LogP contribution in [0.25, 0.3) is 0 Å². The lowest BCUT2D eigenvalue weighted by atomic mass is 10.2. The lowest BCUT2D eigenvalue weighted by Gasteiger charge is -2.05. The molecule has 0 spiro atoms. The molecule has 2 N–H and O–H groups in total. The van der Waals surface area contributed by atoms with Crippen molar-refractivity contribution in [3.05, 3.63) is 62.5 Å². The van der Waals surface area contributed by atoms with E-state index in [0.717, 1.165) is 4.47 Å². The number of anilines is 1. The van der Waals surface area contributed by atoms with Gasteiger partial charge in [-0.25, -0.2) is 5.43 Å². The molecule has 0 radical (unpaired) electrons. The van der Waals surface area contributed by atoms with Crippen molar-refractivity contribution in [2.24, 2.45) is 5.10 Å². The van der Waals surface area contributed by atoms with Gasteiger partial charge in [0.2, 0.25) is 11.8 Å². The largest absolute Gasteiger partial charge is 0.326 e. The van der Waals surface area contributed by atoms with Gasteiger partial charge in [-0.05, 0) is 36.8 Å². The van der Waals surface area contributed by atoms with Crippen LogP contribution >= 0.6 is 39.1 Å². The van der Waals surface area contributed by atoms with Gasteiger partial charge in [-0.2, -0.15) is 5.10 Å². The summed E-state index contributed by atoms with van der Waals surface area (Å²) in [4.78, 5) is 23.6. The molecule has 26 heavy (non-hydrogen) atoms. The zero-order chi connectivity index (χ0) is 18.9. The van der Waals surface area contributed by atoms with Gasteiger partial charge in [-0.15, -0.1) is 0 Å². The van der Waals surface area contributed by atoms with E-state index >= 15 is 0 Å². The Morgan fingerprint density at radius 1 is 1.04 bits per heavy atom. The van der Waals surface area contributed by atoms with Crippen LogP contribution in [0.15, 0.2) is 52.0 Å². The van der Waals surface area contributed by atoms with E-state index in [0.29, 0.717) is 27.7 Å². The summed E-state index contributed by atoms with van der Waals surface area (Å²) in [7, 11) is 0. The maximum absolute atomic E-state index is 11.9. The van der Waals surface area contributed by atoms with Crippen LogP contribution in [-0.4, -0.2) is 18.0 Å². The first-order valence-electron chi connectivity index (χ1n) is 7.77. The fourth-order valence-corrected chi connectivity index (χ4v) is 2.95. The topological polar surface area (TPSA) is 70.6 Å². The Morgan fingerprint density at radius 2 is 1.69 bits per heavy atom. The quantitative estimate of drug-likeness (QED) is 0.453. The first-order chi connectivity index (χ1) is 12.5. The molecule has 136 valence electrons. The average Bonchev–Trinajstić information content (AvgIpc) is 2.57. The van der Waals surface area contributed by atoms with E-state index in [1.807, 2.05) is 12.1 Å². The van der Waals surface area contributed by atoms with Crippen molar-refractivity contribution >= 4 is 62.8 Å². The molecule has 0 fully saturated rings. The molecule has 2 aromatic rings. The summed E-state index contributed by atoms with van der Waals surface area (Å²) in [6.45, 7) is 0. The summed E-state index contributed by atoms with van der Waals surface area (Å²) in [6, 6.07) is 12.4. The number of carbonyl (C=O) groups is 2. The zero-order valence-electron chi connectivity index (χ0n) is 13.6. The van der Waals surface area contributed by atoms with Gasteiger partial charge in [0.1, 0.15) is 0 Å². The van der Waals surface area contributed by atoms with Crippen LogP contribution in [-0.2, 0) is 9.59 Å². The number of nitrogens with one attached hydrogen (secondary N) is 2. The van der Waals surface area contributed by atoms with E-state index in [1.54, 1.807) is 30.3 Å². The summed E-state index contributed by atoms with van der Waals surface area (Å²) >= 11 is 15.3. The molecule has 0 aromatic heterocycles. The van der Waals surface area contributed by atoms with Crippen LogP contribution in [0.4, 0.5) is 5.69 Å². The highest BCUT2D eigenvalue weighted by Crippen LogP contribution is 2.22. The second-order valence-electron chi connectivity index (χ2n) is 5.34. The number of nitrogens with zero attached hydrogens (tertiary/aromatic N) is 1. The summed E-state index contributed by atoms with van der Waals surface area (Å²) in [5.74, 6) is -0.443. The second kappa shape index (κ2) is 10.3. The minimum absolute atomic E-state index is 0.151. The van der Waals surface area contributed by atoms with Crippen LogP contribution in [0, 0.1) is 0 Å². The van der Waals surface area contributed by atoms with Crippen molar-refractivity contribution in [3.63, 3.8) is 0 Å². The standard InChI is InChI=1S/C18H16BrCl2N3O2/c19-12-4-1-5-13(10-12)23-17(25)8-3-9-18(26)24-22-11-14-15(20)6-2-7-16(14)21/h1-2,4-7,10-11H,3,8-9H2,(H,23,25)(H,24,26). The van der Waals surface area contributed by atoms with Crippen LogP contribution < -0.4 is 10.7 Å². The van der Waals surface area contributed by atoms with E-state index in [1.165, 1.54) is 6.21 Å². The van der Waals surface area contributed by atoms with Crippen LogP contribution in [0.1, 0.15) is 24.8 Å². The summed E-state index contributed by atoms with van der Waals surface area (Å²) < 4.78 is 0.881. The molecule has 0 heterocycles. The first kappa shape index (κ1) is 20.4. The number of hydrogen-bond acceptors (Lipinski definition) is 3. The Bertz CT molecular complexity index is 808. The van der Waals surface area contributed by atoms with Crippen molar-refractivity contribution in [3.8, 4) is 0 Å². The Labute approximate surface area is 169 Å². The molecule has 2 aromatic carbocycles. The molecule has 0 saturated heterocycles. The number of carbonyl (C=O) groups excluding carboxylic acids is 2. The van der Waals surface area contributed by atoms with Gasteiger partial charge in [0.05, 0.1) is 16.3 Å². The summed E-state index contributed by atoms with van der Waals surface area (Å²) in [5.41, 5.74) is 3.63. The number of amides is 2. The molecular weight excluding hydrogens is 441 g/mol. The maximum atomic E-state index is 11.9. The maximum Gasteiger partial charge on any atom is 0.240 e. The van der Waals surface area contributed by atoms with E-state index < -0.39 is 0 Å². The Balaban J connectivity index is 1.72. The smallest absolute Gasteiger partial charge is 0.240 e. The highest BCUT2D eigenvalue weighted by atomic mass is 79.9. The lowest BCUT2D eigenvalue weighted by molar-refractivity contribution is -0.121. The van der Waals surface area contributed by atoms with Gasteiger partial charge in [0, 0.05) is 28.6 Å². The zero-order valence-corrected chi connectivity index (χ0v) is 16.7. The number of halogens is 3. The fraction of sp³-hybridized carbons (Fsp3) is 0.167. The Hall–Kier alpha value is -1.89. The summed E-state index contributed by atoms with van der Waals surface area (Å²) in [5, 5.41) is 7.50. The third kappa shape index (κ3) is 6.78. The predicted octanol–water partition coefficient (Wildman–Crippen LogP) is 5.02. The molecule has 0 aliphatic carbocycles. The molecular formula is C18H16BrCl2N3O2. The predicted molar refractivity (Wildman–Crippen MR) is 109 cm³/mol. The van der Waals surface area contributed by atoms with Crippen LogP contribution in [0.5, 0.6) is 0 Å². The van der Waals surface area contributed by atoms with Crippen molar-refractivity contribution in [1.82, 2.24) is 5.43 Å². The SMILES string of the molecule is O=C(CCCC(=O)Nc1cccc(Br)c1)NN=Cc1c(Cl)cccc1Cl. The highest BCUT2D eigenvalue weighted by Gasteiger charge is 2.06. The monoisotopic (exact) mass is 455 g/mol. The van der Waals surface area contributed by atoms with Crippen molar-refractivity contribution in [2.75, 3.05) is 5.32 Å². The second-order valence-corrected chi connectivity index (χ2v) is 7.07. The fourth-order valence-electron chi connectivity index (χ4n) is 2.06. The molecule has 2 amide bonds. The highest BCUT2D eigenvalue weighted by molar-refractivity contribution is 9.10. The Kier molecular flexibility index (Phi) is 8.09. The van der Waals surface area contributed by atoms with Crippen molar-refractivity contribution in [1.29, 1.82) is 0 Å². The van der Waals surface area contributed by atoms with Gasteiger partial charge in [-0.3, -0.25) is 9.59 Å². The van der Waals surface area contributed by atoms with Crippen LogP contribution in [0.2, 0.25) is 10.0 Å². The van der Waals surface area contributed by atoms with E-state index in [4.69, 9.17) is 23.2 Å². The van der Waals surface area contributed by atoms with Gasteiger partial charge >= 0.3 is 0 Å². The van der Waals surface area contributed by atoms with Gasteiger partial charge in [-0.1, -0.05) is 51.3 Å². The van der Waals surface area contributed by atoms with E-state index in [9.17, 15) is 9.59 Å². The molecule has 0 bridgehead atoms. The number of benzene rings is 2. The first-order valence-corrected chi connectivity index (χ1v) is 9.32. The summed E-state index contributed by atoms with van der Waals surface area (Å²) in [6.07, 6.45) is 2.22. The number of rotatable bonds is 7. The van der Waals surface area contributed by atoms with Crippen molar-refractivity contribution < 1.29 is 9.59 Å². The molecule has 0 unspecified atom stereocenters. The van der Waals surface area contributed by atoms with Gasteiger partial charge < -0.3 is 5.32 Å². The third-order valence-electron chi connectivity index (χ3n) is 3.30. The molecule has 0 atom stereocenters. The lowest BCUT2D eigenvalue weighted by Crippen LogP contribution is -2.18. The Morgan fingerprint density at radius 3 is 2.38 bits per heavy atom. The number of hydrogen-bond donors (Lipinski definition) is 2. The van der Waals surface area contributed by atoms with Gasteiger partial charge in [0.25, 0.3) is 0 Å². The average molecular weight is 457 g/mol. The third-order valence-corrected chi connectivity index (χ3v) is 4.45. The molecule has 0 saturated carbocycles. The van der Waals surface area contributed by atoms with Crippen molar-refractivity contribution in [2.45, 2.75) is 19.3 Å².